The topological polar surface area (TPSA) is 65.5 Å². The molecule has 1 N–H and O–H groups in total. The molecular formula is C18H25N3O3. The van der Waals surface area contributed by atoms with Crippen molar-refractivity contribution >= 4 is 5.82 Å². The lowest BCUT2D eigenvalue weighted by molar-refractivity contribution is 0.324. The largest absolute Gasteiger partial charge is 0.493 e. The third-order valence-corrected chi connectivity index (χ3v) is 3.52. The molecule has 0 aliphatic rings. The number of methoxy groups -OCH3 is 3. The van der Waals surface area contributed by atoms with E-state index in [1.54, 1.807) is 27.5 Å². The van der Waals surface area contributed by atoms with E-state index in [2.05, 4.69) is 36.1 Å². The molecule has 1 aromatic carbocycles. The minimum absolute atomic E-state index is 0.0930. The Labute approximate surface area is 143 Å². The van der Waals surface area contributed by atoms with Crippen LogP contribution in [-0.4, -0.2) is 31.3 Å². The lowest BCUT2D eigenvalue weighted by Crippen LogP contribution is -2.16. The second kappa shape index (κ2) is 7.38. The standard InChI is InChI=1S/C18H25N3O3/c1-18(2,3)17-19-8-7-15(21-17)20-11-12-9-13(22-4)16(24-6)14(10-12)23-5/h7-10H,11H2,1-6H3,(H,19,20,21). The maximum absolute atomic E-state index is 5.38. The molecule has 130 valence electrons. The summed E-state index contributed by atoms with van der Waals surface area (Å²) >= 11 is 0. The quantitative estimate of drug-likeness (QED) is 0.875. The number of nitrogens with zero attached hydrogens (tertiary/aromatic N) is 2. The average molecular weight is 331 g/mol. The van der Waals surface area contributed by atoms with Gasteiger partial charge in [0.1, 0.15) is 11.6 Å². The first kappa shape index (κ1) is 17.8. The van der Waals surface area contributed by atoms with Crippen molar-refractivity contribution in [2.24, 2.45) is 0 Å². The summed E-state index contributed by atoms with van der Waals surface area (Å²) in [5, 5.41) is 3.31. The van der Waals surface area contributed by atoms with Gasteiger partial charge in [-0.25, -0.2) is 9.97 Å². The van der Waals surface area contributed by atoms with Gasteiger partial charge in [0.25, 0.3) is 0 Å². The number of rotatable bonds is 6. The Bertz CT molecular complexity index is 671. The summed E-state index contributed by atoms with van der Waals surface area (Å²) in [6.45, 7) is 6.85. The molecule has 2 aromatic rings. The highest BCUT2D eigenvalue weighted by Gasteiger charge is 2.17. The highest BCUT2D eigenvalue weighted by molar-refractivity contribution is 5.54. The zero-order valence-corrected chi connectivity index (χ0v) is 15.1. The first-order valence-electron chi connectivity index (χ1n) is 7.75. The monoisotopic (exact) mass is 331 g/mol. The van der Waals surface area contributed by atoms with Crippen LogP contribution in [0.15, 0.2) is 24.4 Å². The van der Waals surface area contributed by atoms with Crippen LogP contribution in [0.4, 0.5) is 5.82 Å². The summed E-state index contributed by atoms with van der Waals surface area (Å²) in [6, 6.07) is 5.69. The highest BCUT2D eigenvalue weighted by Crippen LogP contribution is 2.38. The Morgan fingerprint density at radius 1 is 1.00 bits per heavy atom. The Morgan fingerprint density at radius 3 is 2.12 bits per heavy atom. The molecule has 2 rings (SSSR count). The van der Waals surface area contributed by atoms with Gasteiger partial charge in [-0.05, 0) is 23.8 Å². The Balaban J connectivity index is 2.20. The van der Waals surface area contributed by atoms with E-state index in [1.807, 2.05) is 18.2 Å². The molecule has 0 bridgehead atoms. The molecule has 0 saturated heterocycles. The van der Waals surface area contributed by atoms with Crippen LogP contribution in [0.5, 0.6) is 17.2 Å². The van der Waals surface area contributed by atoms with Crippen LogP contribution in [0, 0.1) is 0 Å². The van der Waals surface area contributed by atoms with Gasteiger partial charge in [0.15, 0.2) is 11.5 Å². The second-order valence-electron chi connectivity index (χ2n) is 6.40. The molecule has 0 spiro atoms. The molecule has 24 heavy (non-hydrogen) atoms. The van der Waals surface area contributed by atoms with Crippen molar-refractivity contribution < 1.29 is 14.2 Å². The second-order valence-corrected chi connectivity index (χ2v) is 6.40. The normalized spacial score (nSPS) is 11.1. The van der Waals surface area contributed by atoms with E-state index in [4.69, 9.17) is 14.2 Å². The van der Waals surface area contributed by atoms with Gasteiger partial charge in [0.2, 0.25) is 5.75 Å². The van der Waals surface area contributed by atoms with Gasteiger partial charge in [-0.3, -0.25) is 0 Å². The van der Waals surface area contributed by atoms with E-state index in [1.165, 1.54) is 0 Å². The van der Waals surface area contributed by atoms with Crippen molar-refractivity contribution in [2.75, 3.05) is 26.6 Å². The van der Waals surface area contributed by atoms with Crippen LogP contribution in [0.25, 0.3) is 0 Å². The molecule has 1 heterocycles. The fourth-order valence-corrected chi connectivity index (χ4v) is 2.25. The molecule has 0 radical (unpaired) electrons. The lowest BCUT2D eigenvalue weighted by atomic mass is 9.96. The Hall–Kier alpha value is -2.50. The molecule has 0 aliphatic carbocycles. The zero-order chi connectivity index (χ0) is 17.7. The summed E-state index contributed by atoms with van der Waals surface area (Å²) in [5.41, 5.74) is 0.907. The molecular weight excluding hydrogens is 306 g/mol. The van der Waals surface area contributed by atoms with Crippen molar-refractivity contribution in [3.63, 3.8) is 0 Å². The van der Waals surface area contributed by atoms with Crippen LogP contribution in [0.1, 0.15) is 32.2 Å². The summed E-state index contributed by atoms with van der Waals surface area (Å²) in [6.07, 6.45) is 1.77. The molecule has 0 fully saturated rings. The fraction of sp³-hybridized carbons (Fsp3) is 0.444. The Morgan fingerprint density at radius 2 is 1.62 bits per heavy atom. The number of anilines is 1. The highest BCUT2D eigenvalue weighted by atomic mass is 16.5. The van der Waals surface area contributed by atoms with Crippen molar-refractivity contribution in [1.29, 1.82) is 0 Å². The van der Waals surface area contributed by atoms with Crippen molar-refractivity contribution in [2.45, 2.75) is 32.7 Å². The van der Waals surface area contributed by atoms with E-state index in [-0.39, 0.29) is 5.41 Å². The predicted molar refractivity (Wildman–Crippen MR) is 94.2 cm³/mol. The van der Waals surface area contributed by atoms with Gasteiger partial charge >= 0.3 is 0 Å². The molecule has 1 aromatic heterocycles. The first-order chi connectivity index (χ1) is 11.4. The maximum atomic E-state index is 5.38. The molecule has 6 nitrogen and oxygen atoms in total. The maximum Gasteiger partial charge on any atom is 0.203 e. The van der Waals surface area contributed by atoms with Gasteiger partial charge in [-0.1, -0.05) is 20.8 Å². The van der Waals surface area contributed by atoms with E-state index in [0.29, 0.717) is 23.8 Å². The summed E-state index contributed by atoms with van der Waals surface area (Å²) < 4.78 is 16.1. The van der Waals surface area contributed by atoms with Crippen LogP contribution in [-0.2, 0) is 12.0 Å². The van der Waals surface area contributed by atoms with Crippen LogP contribution < -0.4 is 19.5 Å². The van der Waals surface area contributed by atoms with Gasteiger partial charge in [-0.15, -0.1) is 0 Å². The molecule has 0 amide bonds. The molecule has 0 atom stereocenters. The molecule has 0 aliphatic heterocycles. The van der Waals surface area contributed by atoms with E-state index < -0.39 is 0 Å². The predicted octanol–water partition coefficient (Wildman–Crippen LogP) is 3.41. The van der Waals surface area contributed by atoms with Gasteiger partial charge < -0.3 is 19.5 Å². The summed E-state index contributed by atoms with van der Waals surface area (Å²) in [5.74, 6) is 3.43. The van der Waals surface area contributed by atoms with Crippen LogP contribution in [0.3, 0.4) is 0 Å². The first-order valence-corrected chi connectivity index (χ1v) is 7.75. The Kier molecular flexibility index (Phi) is 5.49. The van der Waals surface area contributed by atoms with Crippen molar-refractivity contribution in [3.8, 4) is 17.2 Å². The summed E-state index contributed by atoms with van der Waals surface area (Å²) in [7, 11) is 4.80. The van der Waals surface area contributed by atoms with E-state index >= 15 is 0 Å². The van der Waals surface area contributed by atoms with Crippen molar-refractivity contribution in [1.82, 2.24) is 9.97 Å². The van der Waals surface area contributed by atoms with Crippen LogP contribution >= 0.6 is 0 Å². The van der Waals surface area contributed by atoms with E-state index in [0.717, 1.165) is 17.2 Å². The average Bonchev–Trinajstić information content (AvgIpc) is 2.58. The SMILES string of the molecule is COc1cc(CNc2ccnc(C(C)(C)C)n2)cc(OC)c1OC. The number of benzene rings is 1. The van der Waals surface area contributed by atoms with Gasteiger partial charge in [0.05, 0.1) is 21.3 Å². The third-order valence-electron chi connectivity index (χ3n) is 3.52. The third kappa shape index (κ3) is 4.07. The summed E-state index contributed by atoms with van der Waals surface area (Å²) in [4.78, 5) is 8.90. The molecule has 0 unspecified atom stereocenters. The molecule has 6 heteroatoms. The van der Waals surface area contributed by atoms with E-state index in [9.17, 15) is 0 Å². The lowest BCUT2D eigenvalue weighted by Gasteiger charge is -2.17. The number of hydrogen-bond acceptors (Lipinski definition) is 6. The van der Waals surface area contributed by atoms with Crippen LogP contribution in [0.2, 0.25) is 0 Å². The fourth-order valence-electron chi connectivity index (χ4n) is 2.25. The van der Waals surface area contributed by atoms with Gasteiger partial charge in [-0.2, -0.15) is 0 Å². The van der Waals surface area contributed by atoms with Gasteiger partial charge in [0, 0.05) is 18.2 Å². The minimum Gasteiger partial charge on any atom is -0.493 e. The smallest absolute Gasteiger partial charge is 0.203 e. The molecule has 0 saturated carbocycles. The number of aromatic nitrogens is 2. The minimum atomic E-state index is -0.0930. The van der Waals surface area contributed by atoms with Crippen molar-refractivity contribution in [3.05, 3.63) is 35.8 Å². The number of nitrogens with one attached hydrogen (secondary N) is 1. The number of hydrogen-bond donors (Lipinski definition) is 1. The zero-order valence-electron chi connectivity index (χ0n) is 15.1. The number of ether oxygens (including phenoxy) is 3.